The molecule has 1 saturated heterocycles. The molecule has 1 heterocycles. The van der Waals surface area contributed by atoms with Gasteiger partial charge in [-0.1, -0.05) is 12.8 Å². The summed E-state index contributed by atoms with van der Waals surface area (Å²) < 4.78 is 0. The van der Waals surface area contributed by atoms with Crippen molar-refractivity contribution in [2.45, 2.75) is 38.1 Å². The Morgan fingerprint density at radius 2 is 1.86 bits per heavy atom. The Morgan fingerprint density at radius 1 is 1.10 bits per heavy atom. The van der Waals surface area contributed by atoms with E-state index >= 15 is 0 Å². The Labute approximate surface area is 129 Å². The average molecular weight is 296 g/mol. The van der Waals surface area contributed by atoms with E-state index in [1.165, 1.54) is 25.7 Å². The second kappa shape index (κ2) is 8.71. The van der Waals surface area contributed by atoms with Crippen molar-refractivity contribution in [2.24, 2.45) is 0 Å². The van der Waals surface area contributed by atoms with Gasteiger partial charge < -0.3 is 15.1 Å². The highest BCUT2D eigenvalue weighted by Crippen LogP contribution is 2.23. The maximum absolute atomic E-state index is 12.8. The largest absolute Gasteiger partial charge is 0.337 e. The van der Waals surface area contributed by atoms with Crippen LogP contribution >= 0.6 is 0 Å². The topological polar surface area (TPSA) is 38.8 Å². The Morgan fingerprint density at radius 3 is 2.57 bits per heavy atom. The molecule has 2 aliphatic rings. The highest BCUT2D eigenvalue weighted by Gasteiger charge is 2.27. The minimum absolute atomic E-state index is 0.339. The molecule has 1 saturated carbocycles. The number of hydrogen-bond acceptors (Lipinski definition) is 4. The molecule has 122 valence electrons. The predicted molar refractivity (Wildman–Crippen MR) is 86.4 cm³/mol. The van der Waals surface area contributed by atoms with Gasteiger partial charge in [0.1, 0.15) is 0 Å². The lowest BCUT2D eigenvalue weighted by atomic mass is 10.2. The molecule has 1 aliphatic heterocycles. The summed E-state index contributed by atoms with van der Waals surface area (Å²) in [7, 11) is 4.16. The number of rotatable bonds is 6. The Hall–Kier alpha value is -0.650. The van der Waals surface area contributed by atoms with Crippen LogP contribution in [0.1, 0.15) is 32.1 Å². The first-order valence-corrected chi connectivity index (χ1v) is 8.54. The highest BCUT2D eigenvalue weighted by atomic mass is 16.2. The number of carbonyl (C=O) groups is 1. The lowest BCUT2D eigenvalue weighted by Gasteiger charge is -2.32. The Balaban J connectivity index is 1.88. The van der Waals surface area contributed by atoms with Crippen LogP contribution in [0.3, 0.4) is 0 Å². The van der Waals surface area contributed by atoms with Crippen LogP contribution in [0, 0.1) is 0 Å². The third-order valence-electron chi connectivity index (χ3n) is 4.67. The van der Waals surface area contributed by atoms with Gasteiger partial charge in [-0.2, -0.15) is 0 Å². The molecule has 0 unspecified atom stereocenters. The van der Waals surface area contributed by atoms with Crippen LogP contribution in [0.2, 0.25) is 0 Å². The number of likely N-dealkylation sites (N-methyl/N-ethyl adjacent to an activating group) is 1. The summed E-state index contributed by atoms with van der Waals surface area (Å²) >= 11 is 0. The van der Waals surface area contributed by atoms with Gasteiger partial charge in [0.15, 0.2) is 0 Å². The minimum Gasteiger partial charge on any atom is -0.337 e. The number of carbonyl (C=O) groups excluding carboxylic acids is 1. The van der Waals surface area contributed by atoms with E-state index in [1.54, 1.807) is 0 Å². The van der Waals surface area contributed by atoms with E-state index in [1.807, 2.05) is 0 Å². The molecular weight excluding hydrogens is 264 g/mol. The summed E-state index contributed by atoms with van der Waals surface area (Å²) in [5.74, 6) is 0.339. The monoisotopic (exact) mass is 296 g/mol. The van der Waals surface area contributed by atoms with Gasteiger partial charge in [0.05, 0.1) is 6.54 Å². The summed E-state index contributed by atoms with van der Waals surface area (Å²) in [6, 6.07) is 0.488. The number of hydrogen-bond donors (Lipinski definition) is 1. The quantitative estimate of drug-likeness (QED) is 0.780. The lowest BCUT2D eigenvalue weighted by molar-refractivity contribution is -0.134. The normalized spacial score (nSPS) is 21.7. The second-order valence-corrected chi connectivity index (χ2v) is 6.71. The molecule has 0 aromatic carbocycles. The average Bonchev–Trinajstić information content (AvgIpc) is 2.84. The fourth-order valence-corrected chi connectivity index (χ4v) is 3.38. The van der Waals surface area contributed by atoms with Gasteiger partial charge in [0, 0.05) is 32.2 Å². The third kappa shape index (κ3) is 5.57. The zero-order valence-corrected chi connectivity index (χ0v) is 13.8. The molecule has 0 aromatic heterocycles. The van der Waals surface area contributed by atoms with Crippen LogP contribution in [-0.2, 0) is 4.79 Å². The van der Waals surface area contributed by atoms with E-state index in [0.717, 1.165) is 45.7 Å². The number of nitrogens with one attached hydrogen (secondary N) is 1. The summed E-state index contributed by atoms with van der Waals surface area (Å²) in [6.45, 7) is 6.58. The molecule has 5 nitrogen and oxygen atoms in total. The first-order valence-electron chi connectivity index (χ1n) is 8.54. The smallest absolute Gasteiger partial charge is 0.237 e. The minimum atomic E-state index is 0.339. The molecule has 0 spiro atoms. The zero-order valence-electron chi connectivity index (χ0n) is 13.8. The van der Waals surface area contributed by atoms with Gasteiger partial charge in [-0.15, -0.1) is 0 Å². The molecule has 2 fully saturated rings. The van der Waals surface area contributed by atoms with Gasteiger partial charge in [-0.3, -0.25) is 9.69 Å². The first-order chi connectivity index (χ1) is 10.2. The standard InChI is InChI=1S/C16H32N4O/c1-18(2)12-13-20(15-6-3-4-7-15)16(21)14-19-10-5-8-17-9-11-19/h15,17H,3-14H2,1-2H3. The van der Waals surface area contributed by atoms with Crippen LogP contribution in [-0.4, -0.2) is 86.6 Å². The van der Waals surface area contributed by atoms with Crippen LogP contribution in [0.15, 0.2) is 0 Å². The predicted octanol–water partition coefficient (Wildman–Crippen LogP) is 0.615. The van der Waals surface area contributed by atoms with Crippen molar-refractivity contribution in [3.8, 4) is 0 Å². The van der Waals surface area contributed by atoms with Gasteiger partial charge in [-0.05, 0) is 46.4 Å². The van der Waals surface area contributed by atoms with Crippen molar-refractivity contribution >= 4 is 5.91 Å². The summed E-state index contributed by atoms with van der Waals surface area (Å²) in [5.41, 5.74) is 0. The molecule has 1 N–H and O–H groups in total. The molecule has 1 amide bonds. The van der Waals surface area contributed by atoms with E-state index in [4.69, 9.17) is 0 Å². The molecular formula is C16H32N4O. The fraction of sp³-hybridized carbons (Fsp3) is 0.938. The van der Waals surface area contributed by atoms with Crippen molar-refractivity contribution in [2.75, 3.05) is 59.9 Å². The fourth-order valence-electron chi connectivity index (χ4n) is 3.38. The molecule has 1 aliphatic carbocycles. The molecule has 0 aromatic rings. The number of amides is 1. The van der Waals surface area contributed by atoms with Crippen LogP contribution in [0.5, 0.6) is 0 Å². The van der Waals surface area contributed by atoms with E-state index in [-0.39, 0.29) is 0 Å². The van der Waals surface area contributed by atoms with Crippen molar-refractivity contribution in [1.29, 1.82) is 0 Å². The lowest BCUT2D eigenvalue weighted by Crippen LogP contribution is -2.47. The molecule has 2 rings (SSSR count). The van der Waals surface area contributed by atoms with Gasteiger partial charge in [0.25, 0.3) is 0 Å². The van der Waals surface area contributed by atoms with E-state index in [2.05, 4.69) is 34.1 Å². The summed E-state index contributed by atoms with van der Waals surface area (Å²) in [4.78, 5) is 19.4. The third-order valence-corrected chi connectivity index (χ3v) is 4.67. The Bertz CT molecular complexity index is 307. The van der Waals surface area contributed by atoms with Crippen LogP contribution in [0.25, 0.3) is 0 Å². The summed E-state index contributed by atoms with van der Waals surface area (Å²) in [5, 5.41) is 3.40. The molecule has 0 radical (unpaired) electrons. The van der Waals surface area contributed by atoms with Crippen molar-refractivity contribution in [1.82, 2.24) is 20.0 Å². The van der Waals surface area contributed by atoms with Crippen LogP contribution in [0.4, 0.5) is 0 Å². The van der Waals surface area contributed by atoms with E-state index < -0.39 is 0 Å². The van der Waals surface area contributed by atoms with Gasteiger partial charge in [-0.25, -0.2) is 0 Å². The molecule has 0 atom stereocenters. The van der Waals surface area contributed by atoms with Crippen molar-refractivity contribution in [3.05, 3.63) is 0 Å². The van der Waals surface area contributed by atoms with E-state index in [0.29, 0.717) is 18.5 Å². The Kier molecular flexibility index (Phi) is 6.93. The zero-order chi connectivity index (χ0) is 15.1. The van der Waals surface area contributed by atoms with Crippen molar-refractivity contribution < 1.29 is 4.79 Å². The summed E-state index contributed by atoms with van der Waals surface area (Å²) in [6.07, 6.45) is 6.10. The van der Waals surface area contributed by atoms with Gasteiger partial charge >= 0.3 is 0 Å². The highest BCUT2D eigenvalue weighted by molar-refractivity contribution is 5.78. The first kappa shape index (κ1) is 16.7. The SMILES string of the molecule is CN(C)CCN(C(=O)CN1CCCNCC1)C1CCCC1. The van der Waals surface area contributed by atoms with Crippen LogP contribution < -0.4 is 5.32 Å². The van der Waals surface area contributed by atoms with E-state index in [9.17, 15) is 4.79 Å². The maximum atomic E-state index is 12.8. The van der Waals surface area contributed by atoms with Gasteiger partial charge in [0.2, 0.25) is 5.91 Å². The maximum Gasteiger partial charge on any atom is 0.237 e. The molecule has 5 heteroatoms. The molecule has 21 heavy (non-hydrogen) atoms. The number of nitrogens with zero attached hydrogens (tertiary/aromatic N) is 3. The molecule has 0 bridgehead atoms. The second-order valence-electron chi connectivity index (χ2n) is 6.71. The van der Waals surface area contributed by atoms with Crippen molar-refractivity contribution in [3.63, 3.8) is 0 Å².